The van der Waals surface area contributed by atoms with E-state index in [1.54, 1.807) is 24.4 Å². The number of sulfone groups is 1. The largest absolute Gasteiger partial charge is 0.348 e. The smallest absolute Gasteiger partial charge is 0.287 e. The Morgan fingerprint density at radius 2 is 2.04 bits per heavy atom. The van der Waals surface area contributed by atoms with Crippen LogP contribution in [0.1, 0.15) is 41.4 Å². The fourth-order valence-electron chi connectivity index (χ4n) is 2.85. The second-order valence-corrected chi connectivity index (χ2v) is 8.67. The van der Waals surface area contributed by atoms with Crippen LogP contribution in [-0.4, -0.2) is 53.2 Å². The molecule has 1 saturated heterocycles. The molecule has 8 nitrogen and oxygen atoms in total. The van der Waals surface area contributed by atoms with Crippen LogP contribution in [0.2, 0.25) is 0 Å². The van der Waals surface area contributed by atoms with Crippen molar-refractivity contribution in [1.29, 1.82) is 0 Å². The van der Waals surface area contributed by atoms with Crippen LogP contribution < -0.4 is 10.6 Å². The topological polar surface area (TPSA) is 110 Å². The van der Waals surface area contributed by atoms with Crippen LogP contribution in [0.25, 0.3) is 5.52 Å². The minimum atomic E-state index is -3.09. The van der Waals surface area contributed by atoms with Crippen LogP contribution in [0.5, 0.6) is 0 Å². The quantitative estimate of drug-likeness (QED) is 0.816. The Kier molecular flexibility index (Phi) is 4.51. The SMILES string of the molecule is CC(C)NC(=O)c1nc(C(=O)NC2CCS(=O)(=O)C2)n2ccccc12. The van der Waals surface area contributed by atoms with E-state index >= 15 is 0 Å². The number of aromatic nitrogens is 2. The molecule has 25 heavy (non-hydrogen) atoms. The second kappa shape index (κ2) is 6.47. The Morgan fingerprint density at radius 1 is 1.28 bits per heavy atom. The van der Waals surface area contributed by atoms with Gasteiger partial charge in [-0.2, -0.15) is 0 Å². The number of fused-ring (bicyclic) bond motifs is 1. The van der Waals surface area contributed by atoms with Crippen LogP contribution in [0.3, 0.4) is 0 Å². The van der Waals surface area contributed by atoms with E-state index in [1.807, 2.05) is 13.8 Å². The lowest BCUT2D eigenvalue weighted by molar-refractivity contribution is 0.0930. The highest BCUT2D eigenvalue weighted by Crippen LogP contribution is 2.16. The molecule has 0 aliphatic carbocycles. The summed E-state index contributed by atoms with van der Waals surface area (Å²) < 4.78 is 24.6. The molecule has 1 atom stereocenters. The zero-order chi connectivity index (χ0) is 18.2. The van der Waals surface area contributed by atoms with Crippen LogP contribution in [0, 0.1) is 0 Å². The Hall–Kier alpha value is -2.42. The Bertz CT molecular complexity index is 933. The third-order valence-corrected chi connectivity index (χ3v) is 5.72. The average molecular weight is 364 g/mol. The fraction of sp³-hybridized carbons (Fsp3) is 0.438. The summed E-state index contributed by atoms with van der Waals surface area (Å²) in [7, 11) is -3.09. The predicted octanol–water partition coefficient (Wildman–Crippen LogP) is 0.389. The Balaban J connectivity index is 1.91. The average Bonchev–Trinajstić information content (AvgIpc) is 3.07. The maximum atomic E-state index is 12.6. The number of imidazole rings is 1. The number of pyridine rings is 1. The standard InChI is InChI=1S/C16H20N4O4S/c1-10(2)17-15(21)13-12-5-3-4-7-20(12)14(19-13)16(22)18-11-6-8-25(23,24)9-11/h3-5,7,10-11H,6,8-9H2,1-2H3,(H,17,21)(H,18,22). The number of carbonyl (C=O) groups excluding carboxylic acids is 2. The molecular formula is C16H20N4O4S. The van der Waals surface area contributed by atoms with Gasteiger partial charge in [-0.25, -0.2) is 13.4 Å². The van der Waals surface area contributed by atoms with Gasteiger partial charge >= 0.3 is 0 Å². The van der Waals surface area contributed by atoms with Gasteiger partial charge in [0.1, 0.15) is 0 Å². The molecular weight excluding hydrogens is 344 g/mol. The number of hydrogen-bond donors (Lipinski definition) is 2. The van der Waals surface area contributed by atoms with E-state index in [0.717, 1.165) is 0 Å². The van der Waals surface area contributed by atoms with Gasteiger partial charge in [0.25, 0.3) is 11.8 Å². The highest BCUT2D eigenvalue weighted by atomic mass is 32.2. The number of amides is 2. The molecule has 0 saturated carbocycles. The normalized spacial score (nSPS) is 19.2. The van der Waals surface area contributed by atoms with Crippen molar-refractivity contribution in [2.45, 2.75) is 32.4 Å². The van der Waals surface area contributed by atoms with Crippen molar-refractivity contribution in [2.75, 3.05) is 11.5 Å². The first-order chi connectivity index (χ1) is 11.8. The van der Waals surface area contributed by atoms with Crippen LogP contribution in [-0.2, 0) is 9.84 Å². The first-order valence-corrected chi connectivity index (χ1v) is 9.88. The maximum Gasteiger partial charge on any atom is 0.287 e. The predicted molar refractivity (Wildman–Crippen MR) is 92.3 cm³/mol. The summed E-state index contributed by atoms with van der Waals surface area (Å²) in [6, 6.07) is 4.71. The Labute approximate surface area is 145 Å². The number of carbonyl (C=O) groups is 2. The summed E-state index contributed by atoms with van der Waals surface area (Å²) in [5, 5.41) is 5.46. The molecule has 0 aromatic carbocycles. The van der Waals surface area contributed by atoms with Gasteiger partial charge in [0.2, 0.25) is 5.82 Å². The molecule has 9 heteroatoms. The lowest BCUT2D eigenvalue weighted by atomic mass is 10.2. The van der Waals surface area contributed by atoms with Gasteiger partial charge in [-0.1, -0.05) is 6.07 Å². The van der Waals surface area contributed by atoms with E-state index in [0.29, 0.717) is 11.9 Å². The lowest BCUT2D eigenvalue weighted by Crippen LogP contribution is -2.36. The van der Waals surface area contributed by atoms with E-state index in [2.05, 4.69) is 15.6 Å². The van der Waals surface area contributed by atoms with Gasteiger partial charge in [0, 0.05) is 18.3 Å². The zero-order valence-electron chi connectivity index (χ0n) is 14.0. The molecule has 3 heterocycles. The number of hydrogen-bond acceptors (Lipinski definition) is 5. The zero-order valence-corrected chi connectivity index (χ0v) is 14.8. The van der Waals surface area contributed by atoms with Gasteiger partial charge in [0.15, 0.2) is 15.5 Å². The molecule has 2 N–H and O–H groups in total. The molecule has 2 amide bonds. The molecule has 2 aromatic heterocycles. The summed E-state index contributed by atoms with van der Waals surface area (Å²) in [6.45, 7) is 3.68. The first kappa shape index (κ1) is 17.4. The van der Waals surface area contributed by atoms with E-state index in [-0.39, 0.29) is 35.0 Å². The van der Waals surface area contributed by atoms with Crippen molar-refractivity contribution in [3.8, 4) is 0 Å². The van der Waals surface area contributed by atoms with Crippen LogP contribution in [0.15, 0.2) is 24.4 Å². The molecule has 0 spiro atoms. The number of nitrogens with one attached hydrogen (secondary N) is 2. The highest BCUT2D eigenvalue weighted by molar-refractivity contribution is 7.91. The maximum absolute atomic E-state index is 12.6. The molecule has 2 aromatic rings. The lowest BCUT2D eigenvalue weighted by Gasteiger charge is -2.09. The van der Waals surface area contributed by atoms with Crippen molar-refractivity contribution in [3.63, 3.8) is 0 Å². The third-order valence-electron chi connectivity index (χ3n) is 3.95. The first-order valence-electron chi connectivity index (χ1n) is 8.06. The van der Waals surface area contributed by atoms with E-state index in [1.165, 1.54) is 4.40 Å². The van der Waals surface area contributed by atoms with Crippen molar-refractivity contribution >= 4 is 27.2 Å². The molecule has 1 aliphatic heterocycles. The van der Waals surface area contributed by atoms with Gasteiger partial charge < -0.3 is 10.6 Å². The molecule has 134 valence electrons. The summed E-state index contributed by atoms with van der Waals surface area (Å²) in [5.74, 6) is -0.785. The van der Waals surface area contributed by atoms with E-state index < -0.39 is 21.8 Å². The summed E-state index contributed by atoms with van der Waals surface area (Å²) in [6.07, 6.45) is 2.03. The Morgan fingerprint density at radius 3 is 2.68 bits per heavy atom. The summed E-state index contributed by atoms with van der Waals surface area (Å²) in [5.41, 5.74) is 0.684. The van der Waals surface area contributed by atoms with Crippen molar-refractivity contribution in [3.05, 3.63) is 35.9 Å². The molecule has 1 fully saturated rings. The minimum absolute atomic E-state index is 0.0612. The van der Waals surface area contributed by atoms with E-state index in [9.17, 15) is 18.0 Å². The second-order valence-electron chi connectivity index (χ2n) is 6.44. The van der Waals surface area contributed by atoms with Crippen LogP contribution in [0.4, 0.5) is 0 Å². The molecule has 0 bridgehead atoms. The molecule has 1 aliphatic rings. The van der Waals surface area contributed by atoms with Crippen LogP contribution >= 0.6 is 0 Å². The minimum Gasteiger partial charge on any atom is -0.348 e. The molecule has 0 radical (unpaired) electrons. The fourth-order valence-corrected chi connectivity index (χ4v) is 4.53. The summed E-state index contributed by atoms with van der Waals surface area (Å²) >= 11 is 0. The molecule has 3 rings (SSSR count). The van der Waals surface area contributed by atoms with Crippen molar-refractivity contribution in [1.82, 2.24) is 20.0 Å². The summed E-state index contributed by atoms with van der Waals surface area (Å²) in [4.78, 5) is 29.1. The molecule has 1 unspecified atom stereocenters. The monoisotopic (exact) mass is 364 g/mol. The van der Waals surface area contributed by atoms with Gasteiger partial charge in [-0.15, -0.1) is 0 Å². The van der Waals surface area contributed by atoms with Gasteiger partial charge in [-0.05, 0) is 32.4 Å². The van der Waals surface area contributed by atoms with Gasteiger partial charge in [0.05, 0.1) is 17.0 Å². The highest BCUT2D eigenvalue weighted by Gasteiger charge is 2.30. The van der Waals surface area contributed by atoms with E-state index in [4.69, 9.17) is 0 Å². The van der Waals surface area contributed by atoms with Gasteiger partial charge in [-0.3, -0.25) is 14.0 Å². The third kappa shape index (κ3) is 3.65. The number of nitrogens with zero attached hydrogens (tertiary/aromatic N) is 2. The van der Waals surface area contributed by atoms with Crippen molar-refractivity contribution in [2.24, 2.45) is 0 Å². The number of rotatable bonds is 4. The van der Waals surface area contributed by atoms with Crippen molar-refractivity contribution < 1.29 is 18.0 Å².